The molecule has 6 aromatic rings. The highest BCUT2D eigenvalue weighted by molar-refractivity contribution is 14.1. The second-order valence-corrected chi connectivity index (χ2v) is 29.8. The second-order valence-electron chi connectivity index (χ2n) is 26.5. The van der Waals surface area contributed by atoms with Gasteiger partial charge in [0, 0.05) is 111 Å². The third kappa shape index (κ3) is 17.3. The summed E-state index contributed by atoms with van der Waals surface area (Å²) in [4.78, 5) is 103. The van der Waals surface area contributed by atoms with Gasteiger partial charge in [-0.05, 0) is 155 Å². The molecule has 0 unspecified atom stereocenters. The zero-order valence-electron chi connectivity index (χ0n) is 54.6. The Morgan fingerprint density at radius 2 is 0.844 bits per heavy atom. The number of halogens is 1. The molecule has 12 rings (SSSR count). The molecule has 3 fully saturated rings. The summed E-state index contributed by atoms with van der Waals surface area (Å²) in [7, 11) is 1.81. The Bertz CT molecular complexity index is 3480. The zero-order chi connectivity index (χ0) is 64.6. The minimum Gasteiger partial charge on any atom is -0.474 e. The van der Waals surface area contributed by atoms with Crippen molar-refractivity contribution in [3.63, 3.8) is 0 Å². The summed E-state index contributed by atoms with van der Waals surface area (Å²) in [6, 6.07) is 0.146. The Morgan fingerprint density at radius 1 is 0.511 bits per heavy atom. The molecule has 0 aromatic carbocycles. The van der Waals surface area contributed by atoms with Crippen LogP contribution >= 0.6 is 56.6 Å². The number of nitrogens with zero attached hydrogens (tertiary/aromatic N) is 10. The summed E-state index contributed by atoms with van der Waals surface area (Å²) >= 11 is 7.23. The van der Waals surface area contributed by atoms with E-state index in [0.717, 1.165) is 151 Å². The van der Waals surface area contributed by atoms with Gasteiger partial charge in [-0.2, -0.15) is 0 Å². The highest BCUT2D eigenvalue weighted by Gasteiger charge is 2.35. The first-order chi connectivity index (χ1) is 43.0. The van der Waals surface area contributed by atoms with E-state index in [1.165, 1.54) is 39.5 Å². The van der Waals surface area contributed by atoms with Crippen molar-refractivity contribution >= 4 is 117 Å². The van der Waals surface area contributed by atoms with E-state index in [-0.39, 0.29) is 54.1 Å². The van der Waals surface area contributed by atoms with Gasteiger partial charge in [0.15, 0.2) is 0 Å². The van der Waals surface area contributed by atoms with Crippen molar-refractivity contribution in [1.29, 1.82) is 0 Å². The molecule has 90 heavy (non-hydrogen) atoms. The Labute approximate surface area is 555 Å². The minimum absolute atomic E-state index is 0.0411. The van der Waals surface area contributed by atoms with Crippen LogP contribution in [0.25, 0.3) is 30.6 Å². The third-order valence-corrected chi connectivity index (χ3v) is 21.5. The Hall–Kier alpha value is -5.60. The molecule has 0 saturated heterocycles. The van der Waals surface area contributed by atoms with Crippen molar-refractivity contribution in [2.45, 2.75) is 234 Å². The van der Waals surface area contributed by atoms with Crippen LogP contribution in [-0.4, -0.2) is 146 Å². The van der Waals surface area contributed by atoms with Gasteiger partial charge < -0.3 is 43.3 Å². The predicted molar refractivity (Wildman–Crippen MR) is 361 cm³/mol. The zero-order valence-corrected chi connectivity index (χ0v) is 59.2. The van der Waals surface area contributed by atoms with E-state index in [4.69, 9.17) is 23.7 Å². The normalized spacial score (nSPS) is 21.6. The third-order valence-electron chi connectivity index (χ3n) is 17.9. The van der Waals surface area contributed by atoms with Gasteiger partial charge in [0.05, 0.1) is 16.2 Å². The number of hydrogen-bond acceptors (Lipinski definition) is 19. The standard InChI is InChI=1S/C23H32N4O4S.C23H31N3O4S.C19H25N3O2S.CH3I/c1-14(28)27-11-10-18-17(12-27)19-20(24-13-25-21(19)32-18)30-16-8-6-15(7-9-16)26(5)22(29)31-23(2,3)4;1-14(27)26-10-9-18-17(12-26)20-21(24-13-25-22(20)31-18)29-16-7-5-15(6-8-16)11-19(28)30-23(2,3)4;1-3-13-4-6-14(7-5-13)24-18-17-15-10-22(12(2)23)9-8-16(15)25-19(17)21-11-20-18;1-2/h13,15-16H,6-12H2,1-5H3;13,15-16H,5-12H2,1-4H3;11,13-14H,3-10H2,1-2H3;1H3. The van der Waals surface area contributed by atoms with Crippen LogP contribution in [0, 0.1) is 11.8 Å². The minimum atomic E-state index is -0.498. The molecule has 3 aliphatic carbocycles. The van der Waals surface area contributed by atoms with Crippen molar-refractivity contribution in [2.24, 2.45) is 11.8 Å². The number of carbonyl (C=O) groups excluding carboxylic acids is 5. The van der Waals surface area contributed by atoms with Crippen LogP contribution < -0.4 is 14.2 Å². The van der Waals surface area contributed by atoms with Crippen molar-refractivity contribution in [2.75, 3.05) is 31.6 Å². The van der Waals surface area contributed by atoms with Crippen molar-refractivity contribution in [3.8, 4) is 17.6 Å². The van der Waals surface area contributed by atoms with Crippen molar-refractivity contribution in [1.82, 2.24) is 49.5 Å². The fourth-order valence-corrected chi connectivity index (χ4v) is 16.3. The average molecular weight is 1410 g/mol. The van der Waals surface area contributed by atoms with Crippen LogP contribution in [0.3, 0.4) is 0 Å². The van der Waals surface area contributed by atoms with E-state index in [0.29, 0.717) is 49.6 Å². The maximum atomic E-state index is 12.4. The number of alkyl halides is 1. The molecule has 0 spiro atoms. The molecule has 3 saturated carbocycles. The van der Waals surface area contributed by atoms with Gasteiger partial charge in [0.25, 0.3) is 0 Å². The Balaban J connectivity index is 0.000000159. The van der Waals surface area contributed by atoms with Crippen LogP contribution in [0.5, 0.6) is 17.6 Å². The van der Waals surface area contributed by atoms with Gasteiger partial charge in [-0.15, -0.1) is 34.0 Å². The lowest BCUT2D eigenvalue weighted by Gasteiger charge is -2.35. The lowest BCUT2D eigenvalue weighted by atomic mass is 9.85. The van der Waals surface area contributed by atoms with E-state index in [1.54, 1.807) is 78.7 Å². The topological polar surface area (TPSA) is 222 Å². The highest BCUT2D eigenvalue weighted by atomic mass is 127. The van der Waals surface area contributed by atoms with Crippen LogP contribution in [0.4, 0.5) is 4.79 Å². The lowest BCUT2D eigenvalue weighted by Crippen LogP contribution is -2.43. The summed E-state index contributed by atoms with van der Waals surface area (Å²) in [6.45, 7) is 22.6. The maximum absolute atomic E-state index is 12.4. The quantitative estimate of drug-likeness (QED) is 0.0706. The molecule has 490 valence electrons. The van der Waals surface area contributed by atoms with Gasteiger partial charge in [0.2, 0.25) is 35.4 Å². The summed E-state index contributed by atoms with van der Waals surface area (Å²) in [5, 5.41) is 2.95. The summed E-state index contributed by atoms with van der Waals surface area (Å²) in [6.07, 6.45) is 20.9. The smallest absolute Gasteiger partial charge is 0.410 e. The van der Waals surface area contributed by atoms with Crippen molar-refractivity contribution in [3.05, 3.63) is 50.3 Å². The fourth-order valence-electron chi connectivity index (χ4n) is 13.0. The van der Waals surface area contributed by atoms with Gasteiger partial charge >= 0.3 is 12.1 Å². The predicted octanol–water partition coefficient (Wildman–Crippen LogP) is 13.4. The van der Waals surface area contributed by atoms with Crippen LogP contribution in [0.2, 0.25) is 0 Å². The van der Waals surface area contributed by atoms with E-state index in [9.17, 15) is 24.0 Å². The lowest BCUT2D eigenvalue weighted by molar-refractivity contribution is -0.156. The number of carbonyl (C=O) groups is 5. The largest absolute Gasteiger partial charge is 0.474 e. The van der Waals surface area contributed by atoms with Gasteiger partial charge in [0.1, 0.15) is 63.0 Å². The van der Waals surface area contributed by atoms with Crippen LogP contribution in [0.15, 0.2) is 19.0 Å². The molecule has 4 amide bonds. The first-order valence-electron chi connectivity index (χ1n) is 32.0. The van der Waals surface area contributed by atoms with Gasteiger partial charge in [-0.25, -0.2) is 34.7 Å². The number of thiophene rings is 3. The van der Waals surface area contributed by atoms with Gasteiger partial charge in [-0.3, -0.25) is 19.2 Å². The number of rotatable bonds is 10. The number of aromatic nitrogens is 6. The molecule has 9 heterocycles. The molecule has 0 radical (unpaired) electrons. The fraction of sp³-hybridized carbons (Fsp3) is 0.652. The number of amides is 4. The summed E-state index contributed by atoms with van der Waals surface area (Å²) < 4.78 is 30.0. The van der Waals surface area contributed by atoms with Crippen LogP contribution in [-0.2, 0) is 67.5 Å². The number of ether oxygens (including phenoxy) is 5. The second kappa shape index (κ2) is 30.4. The Morgan fingerprint density at radius 3 is 1.17 bits per heavy atom. The summed E-state index contributed by atoms with van der Waals surface area (Å²) in [5.41, 5.74) is 2.52. The first kappa shape index (κ1) is 68.8. The maximum Gasteiger partial charge on any atom is 0.410 e. The van der Waals surface area contributed by atoms with E-state index >= 15 is 0 Å². The van der Waals surface area contributed by atoms with Crippen LogP contribution in [0.1, 0.15) is 190 Å². The number of esters is 1. The number of fused-ring (bicyclic) bond motifs is 9. The molecule has 6 aromatic heterocycles. The molecule has 24 heteroatoms. The SMILES string of the molecule is CC(=O)N1CCc2sc3ncnc(OC4CCC(CC(=O)OC(C)(C)C)CC4)c3c2C1.CC(=O)N1CCc2sc3ncnc(OC4CCC(N(C)C(=O)OC(C)(C)C)CC4)c3c2C1.CCC1CCC(Oc2ncnc3sc4c(c23)CN(C(C)=O)CC4)CC1.CI. The molecule has 0 bridgehead atoms. The molecular formula is C66H91IN10O10S3. The monoisotopic (exact) mass is 1410 g/mol. The van der Waals surface area contributed by atoms with E-state index in [2.05, 4.69) is 59.4 Å². The molecule has 20 nitrogen and oxygen atoms in total. The molecular weight excluding hydrogens is 1320 g/mol. The molecule has 0 atom stereocenters. The first-order valence-corrected chi connectivity index (χ1v) is 36.7. The Kier molecular flexibility index (Phi) is 23.3. The van der Waals surface area contributed by atoms with Gasteiger partial charge in [-0.1, -0.05) is 35.9 Å². The molecule has 6 aliphatic rings. The molecule has 3 aliphatic heterocycles. The number of hydrogen-bond donors (Lipinski definition) is 0. The average Bonchev–Trinajstić information content (AvgIpc) is 1.64. The van der Waals surface area contributed by atoms with Crippen molar-refractivity contribution < 1.29 is 47.7 Å². The van der Waals surface area contributed by atoms with E-state index in [1.807, 2.05) is 68.2 Å². The summed E-state index contributed by atoms with van der Waals surface area (Å²) in [5.74, 6) is 3.34. The highest BCUT2D eigenvalue weighted by Crippen LogP contribution is 2.43. The van der Waals surface area contributed by atoms with E-state index < -0.39 is 11.2 Å². The molecule has 0 N–H and O–H groups in total.